The van der Waals surface area contributed by atoms with Crippen molar-refractivity contribution in [2.75, 3.05) is 0 Å². The van der Waals surface area contributed by atoms with E-state index < -0.39 is 0 Å². The lowest BCUT2D eigenvalue weighted by molar-refractivity contribution is 0.703. The number of nitrogens with zero attached hydrogens (tertiary/aromatic N) is 2. The van der Waals surface area contributed by atoms with Crippen LogP contribution in [0.3, 0.4) is 0 Å². The Morgan fingerprint density at radius 2 is 2.14 bits per heavy atom. The Balaban J connectivity index is 1.89. The summed E-state index contributed by atoms with van der Waals surface area (Å²) in [5.74, 6) is 0. The molecule has 1 aromatic carbocycles. The molecule has 1 N–H and O–H groups in total. The number of aromatic amines is 1. The van der Waals surface area contributed by atoms with E-state index >= 15 is 0 Å². The maximum Gasteiger partial charge on any atom is 0.251 e. The Hall–Kier alpha value is -2.62. The monoisotopic (exact) mass is 279 g/mol. The maximum atomic E-state index is 11.2. The molecule has 0 saturated carbocycles. The smallest absolute Gasteiger partial charge is 0.251 e. The van der Waals surface area contributed by atoms with Crippen LogP contribution in [0.5, 0.6) is 0 Å². The van der Waals surface area contributed by atoms with Crippen LogP contribution in [0.15, 0.2) is 47.7 Å². The molecule has 21 heavy (non-hydrogen) atoms. The number of nitrogens with one attached hydrogen (secondary N) is 1. The van der Waals surface area contributed by atoms with Crippen molar-refractivity contribution in [2.45, 2.75) is 19.9 Å². The van der Waals surface area contributed by atoms with Crippen molar-refractivity contribution in [2.24, 2.45) is 0 Å². The summed E-state index contributed by atoms with van der Waals surface area (Å²) in [5, 5.41) is 1.23. The summed E-state index contributed by atoms with van der Waals surface area (Å²) in [4.78, 5) is 17.8. The summed E-state index contributed by atoms with van der Waals surface area (Å²) >= 11 is 0. The van der Waals surface area contributed by atoms with Gasteiger partial charge in [-0.3, -0.25) is 4.79 Å². The first-order valence-electron chi connectivity index (χ1n) is 7.08. The van der Waals surface area contributed by atoms with E-state index in [1.54, 1.807) is 0 Å². The van der Waals surface area contributed by atoms with Gasteiger partial charge in [0.05, 0.1) is 12.0 Å². The standard InChI is InChI=1S/C17H17N3O/c1-2-8-20-9-7-14-10-13(4-6-16(14)20)3-5-15-11-17(21)19-12-18-15/h3-7,9-12H,2,8H2,1H3,(H,18,19,21)/b5-3+. The Labute approximate surface area is 122 Å². The highest BCUT2D eigenvalue weighted by Crippen LogP contribution is 2.19. The Kier molecular flexibility index (Phi) is 3.69. The summed E-state index contributed by atoms with van der Waals surface area (Å²) in [6, 6.07) is 9.97. The number of aryl methyl sites for hydroxylation is 1. The average molecular weight is 279 g/mol. The molecule has 0 aliphatic carbocycles. The van der Waals surface area contributed by atoms with Crippen LogP contribution in [-0.2, 0) is 6.54 Å². The van der Waals surface area contributed by atoms with Crippen LogP contribution in [0.2, 0.25) is 0 Å². The molecule has 4 nitrogen and oxygen atoms in total. The van der Waals surface area contributed by atoms with Gasteiger partial charge in [-0.15, -0.1) is 0 Å². The van der Waals surface area contributed by atoms with E-state index in [4.69, 9.17) is 0 Å². The highest BCUT2D eigenvalue weighted by atomic mass is 16.1. The van der Waals surface area contributed by atoms with Crippen LogP contribution in [-0.4, -0.2) is 14.5 Å². The number of aromatic nitrogens is 3. The molecule has 0 amide bonds. The van der Waals surface area contributed by atoms with Gasteiger partial charge in [0.25, 0.3) is 5.56 Å². The summed E-state index contributed by atoms with van der Waals surface area (Å²) in [5.41, 5.74) is 2.86. The molecule has 0 bridgehead atoms. The lowest BCUT2D eigenvalue weighted by Crippen LogP contribution is -2.04. The molecule has 0 radical (unpaired) electrons. The van der Waals surface area contributed by atoms with Crippen LogP contribution in [0.4, 0.5) is 0 Å². The Morgan fingerprint density at radius 1 is 1.24 bits per heavy atom. The molecule has 2 aromatic heterocycles. The van der Waals surface area contributed by atoms with Gasteiger partial charge in [0.1, 0.15) is 0 Å². The zero-order chi connectivity index (χ0) is 14.7. The van der Waals surface area contributed by atoms with Gasteiger partial charge in [0.15, 0.2) is 0 Å². The van der Waals surface area contributed by atoms with E-state index in [1.807, 2.05) is 12.2 Å². The van der Waals surface area contributed by atoms with Crippen molar-refractivity contribution >= 4 is 23.1 Å². The van der Waals surface area contributed by atoms with Crippen LogP contribution in [0.25, 0.3) is 23.1 Å². The van der Waals surface area contributed by atoms with Gasteiger partial charge in [-0.1, -0.05) is 19.1 Å². The molecule has 2 heterocycles. The largest absolute Gasteiger partial charge is 0.347 e. The van der Waals surface area contributed by atoms with E-state index in [-0.39, 0.29) is 5.56 Å². The van der Waals surface area contributed by atoms with E-state index in [0.717, 1.165) is 18.5 Å². The second-order valence-electron chi connectivity index (χ2n) is 5.00. The number of fused-ring (bicyclic) bond motifs is 1. The minimum absolute atomic E-state index is 0.142. The van der Waals surface area contributed by atoms with Gasteiger partial charge < -0.3 is 9.55 Å². The Bertz CT molecular complexity index is 842. The van der Waals surface area contributed by atoms with Crippen LogP contribution >= 0.6 is 0 Å². The highest BCUT2D eigenvalue weighted by molar-refractivity contribution is 5.84. The lowest BCUT2D eigenvalue weighted by Gasteiger charge is -2.03. The third kappa shape index (κ3) is 2.94. The van der Waals surface area contributed by atoms with Gasteiger partial charge >= 0.3 is 0 Å². The molecule has 4 heteroatoms. The summed E-state index contributed by atoms with van der Waals surface area (Å²) in [6.07, 6.45) is 8.48. The molecule has 3 aromatic rings. The zero-order valence-corrected chi connectivity index (χ0v) is 11.9. The van der Waals surface area contributed by atoms with E-state index in [2.05, 4.69) is 51.9 Å². The molecule has 0 saturated heterocycles. The van der Waals surface area contributed by atoms with Crippen LogP contribution in [0.1, 0.15) is 24.6 Å². The normalized spacial score (nSPS) is 11.5. The predicted molar refractivity (Wildman–Crippen MR) is 86.0 cm³/mol. The molecule has 0 unspecified atom stereocenters. The third-order valence-corrected chi connectivity index (χ3v) is 3.41. The molecular weight excluding hydrogens is 262 g/mol. The number of hydrogen-bond donors (Lipinski definition) is 1. The molecule has 0 atom stereocenters. The number of hydrogen-bond acceptors (Lipinski definition) is 2. The molecule has 0 aliphatic heterocycles. The lowest BCUT2D eigenvalue weighted by atomic mass is 10.1. The minimum Gasteiger partial charge on any atom is -0.347 e. The fourth-order valence-electron chi connectivity index (χ4n) is 2.41. The third-order valence-electron chi connectivity index (χ3n) is 3.41. The topological polar surface area (TPSA) is 50.7 Å². The van der Waals surface area contributed by atoms with Gasteiger partial charge in [0.2, 0.25) is 0 Å². The van der Waals surface area contributed by atoms with E-state index in [1.165, 1.54) is 23.3 Å². The van der Waals surface area contributed by atoms with Crippen molar-refractivity contribution in [3.05, 3.63) is 64.5 Å². The molecule has 0 spiro atoms. The van der Waals surface area contributed by atoms with E-state index in [0.29, 0.717) is 5.69 Å². The zero-order valence-electron chi connectivity index (χ0n) is 11.9. The summed E-state index contributed by atoms with van der Waals surface area (Å²) < 4.78 is 2.27. The number of benzene rings is 1. The highest BCUT2D eigenvalue weighted by Gasteiger charge is 2.00. The first-order valence-corrected chi connectivity index (χ1v) is 7.08. The van der Waals surface area contributed by atoms with Crippen molar-refractivity contribution in [1.29, 1.82) is 0 Å². The predicted octanol–water partition coefficient (Wildman–Crippen LogP) is 3.31. The number of H-pyrrole nitrogens is 1. The van der Waals surface area contributed by atoms with E-state index in [9.17, 15) is 4.79 Å². The first kappa shape index (κ1) is 13.4. The Morgan fingerprint density at radius 3 is 2.95 bits per heavy atom. The molecule has 0 fully saturated rings. The van der Waals surface area contributed by atoms with Gasteiger partial charge in [0, 0.05) is 29.7 Å². The second kappa shape index (κ2) is 5.79. The fraction of sp³-hybridized carbons (Fsp3) is 0.176. The first-order chi connectivity index (χ1) is 10.3. The minimum atomic E-state index is -0.142. The summed E-state index contributed by atoms with van der Waals surface area (Å²) in [6.45, 7) is 3.22. The summed E-state index contributed by atoms with van der Waals surface area (Å²) in [7, 11) is 0. The van der Waals surface area contributed by atoms with Gasteiger partial charge in [-0.2, -0.15) is 0 Å². The molecule has 3 rings (SSSR count). The molecule has 0 aliphatic rings. The van der Waals surface area contributed by atoms with Crippen LogP contribution in [0, 0.1) is 0 Å². The molecule has 106 valence electrons. The van der Waals surface area contributed by atoms with Crippen molar-refractivity contribution in [1.82, 2.24) is 14.5 Å². The molecular formula is C17H17N3O. The fourth-order valence-corrected chi connectivity index (χ4v) is 2.41. The van der Waals surface area contributed by atoms with Crippen molar-refractivity contribution < 1.29 is 0 Å². The quantitative estimate of drug-likeness (QED) is 0.796. The second-order valence-corrected chi connectivity index (χ2v) is 5.00. The average Bonchev–Trinajstić information content (AvgIpc) is 2.88. The van der Waals surface area contributed by atoms with Gasteiger partial charge in [-0.25, -0.2) is 4.98 Å². The van der Waals surface area contributed by atoms with Crippen molar-refractivity contribution in [3.63, 3.8) is 0 Å². The number of rotatable bonds is 4. The van der Waals surface area contributed by atoms with Gasteiger partial charge in [-0.05, 0) is 36.3 Å². The SMILES string of the molecule is CCCn1ccc2cc(/C=C/c3cc(=O)[nH]cn3)ccc21. The van der Waals surface area contributed by atoms with Crippen molar-refractivity contribution in [3.8, 4) is 0 Å². The maximum absolute atomic E-state index is 11.2. The van der Waals surface area contributed by atoms with Crippen LogP contribution < -0.4 is 5.56 Å².